The van der Waals surface area contributed by atoms with Gasteiger partial charge in [-0.3, -0.25) is 9.69 Å². The smallest absolute Gasteiger partial charge is 0.338 e. The van der Waals surface area contributed by atoms with Crippen molar-refractivity contribution in [1.29, 1.82) is 0 Å². The van der Waals surface area contributed by atoms with Crippen molar-refractivity contribution in [2.24, 2.45) is 4.99 Å². The van der Waals surface area contributed by atoms with E-state index in [9.17, 15) is 9.59 Å². The number of thioether (sulfide) groups is 1. The van der Waals surface area contributed by atoms with Crippen molar-refractivity contribution in [1.82, 2.24) is 15.1 Å². The molecule has 9 heteroatoms. The van der Waals surface area contributed by atoms with E-state index in [1.54, 1.807) is 0 Å². The second-order valence-electron chi connectivity index (χ2n) is 10.1. The number of ether oxygens (including phenoxy) is 2. The molecule has 0 radical (unpaired) electrons. The monoisotopic (exact) mass is 560 g/mol. The van der Waals surface area contributed by atoms with Crippen molar-refractivity contribution in [2.45, 2.75) is 33.2 Å². The second kappa shape index (κ2) is 12.8. The number of aliphatic imine (C=N–C) groups is 1. The molecule has 0 bridgehead atoms. The molecule has 1 fully saturated rings. The van der Waals surface area contributed by atoms with Gasteiger partial charge in [-0.15, -0.1) is 0 Å². The van der Waals surface area contributed by atoms with Gasteiger partial charge in [0, 0.05) is 37.4 Å². The van der Waals surface area contributed by atoms with Crippen molar-refractivity contribution in [3.63, 3.8) is 0 Å². The van der Waals surface area contributed by atoms with Crippen LogP contribution in [0.25, 0.3) is 5.70 Å². The number of esters is 1. The molecule has 2 aromatic carbocycles. The summed E-state index contributed by atoms with van der Waals surface area (Å²) in [5.41, 5.74) is 5.93. The summed E-state index contributed by atoms with van der Waals surface area (Å²) in [5.74, 6) is -0.461. The Morgan fingerprint density at radius 2 is 1.90 bits per heavy atom. The minimum atomic E-state index is -0.482. The number of morpholine rings is 1. The Kier molecular flexibility index (Phi) is 9.04. The Balaban J connectivity index is 1.47. The SMILES string of the molecule is CCOC(=O)C1=C(c2ccccc2)N=C2SC=C(CC(=O)NCCN3CCOCC3)N2C1c1ccc(C)cc1C. The predicted molar refractivity (Wildman–Crippen MR) is 158 cm³/mol. The number of nitrogens with one attached hydrogen (secondary N) is 1. The number of amides is 1. The second-order valence-corrected chi connectivity index (χ2v) is 10.9. The molecule has 0 saturated carbocycles. The van der Waals surface area contributed by atoms with Crippen LogP contribution >= 0.6 is 11.8 Å². The molecule has 0 spiro atoms. The van der Waals surface area contributed by atoms with E-state index in [2.05, 4.69) is 42.3 Å². The van der Waals surface area contributed by atoms with Gasteiger partial charge in [-0.2, -0.15) is 0 Å². The molecule has 0 aromatic heterocycles. The standard InChI is InChI=1S/C31H36N4O4S/c1-4-39-30(37)27-28(23-8-6-5-7-9-23)33-31-35(29(27)25-11-10-21(2)18-22(25)3)24(20-40-31)19-26(36)32-12-13-34-14-16-38-17-15-34/h5-11,18,20,29H,4,12-17,19H2,1-3H3,(H,32,36). The first-order chi connectivity index (χ1) is 19.5. The molecule has 3 aliphatic rings. The Labute approximate surface area is 240 Å². The number of nitrogens with zero attached hydrogens (tertiary/aromatic N) is 3. The van der Waals surface area contributed by atoms with Crippen molar-refractivity contribution in [3.8, 4) is 0 Å². The number of carbonyl (C=O) groups is 2. The van der Waals surface area contributed by atoms with Crippen molar-refractivity contribution < 1.29 is 19.1 Å². The van der Waals surface area contributed by atoms with Gasteiger partial charge in [-0.25, -0.2) is 9.79 Å². The van der Waals surface area contributed by atoms with Crippen LogP contribution in [0, 0.1) is 13.8 Å². The van der Waals surface area contributed by atoms with Crippen molar-refractivity contribution >= 4 is 34.5 Å². The van der Waals surface area contributed by atoms with Crippen LogP contribution in [0.3, 0.4) is 0 Å². The minimum absolute atomic E-state index is 0.0590. The first-order valence-corrected chi connectivity index (χ1v) is 14.7. The van der Waals surface area contributed by atoms with E-state index in [1.165, 1.54) is 11.8 Å². The number of aryl methyl sites for hydroxylation is 2. The molecule has 1 saturated heterocycles. The molecule has 8 nitrogen and oxygen atoms in total. The molecule has 1 N–H and O–H groups in total. The summed E-state index contributed by atoms with van der Waals surface area (Å²) < 4.78 is 11.0. The van der Waals surface area contributed by atoms with Crippen LogP contribution in [-0.2, 0) is 19.1 Å². The summed E-state index contributed by atoms with van der Waals surface area (Å²) in [5, 5.41) is 5.80. The lowest BCUT2D eigenvalue weighted by molar-refractivity contribution is -0.139. The summed E-state index contributed by atoms with van der Waals surface area (Å²) in [6, 6.07) is 15.5. The van der Waals surface area contributed by atoms with E-state index in [-0.39, 0.29) is 18.9 Å². The molecule has 1 atom stereocenters. The van der Waals surface area contributed by atoms with E-state index >= 15 is 0 Å². The average Bonchev–Trinajstić information content (AvgIpc) is 3.35. The largest absolute Gasteiger partial charge is 0.463 e. The van der Waals surface area contributed by atoms with Crippen LogP contribution in [0.5, 0.6) is 0 Å². The van der Waals surface area contributed by atoms with Gasteiger partial charge in [0.25, 0.3) is 0 Å². The Morgan fingerprint density at radius 3 is 2.62 bits per heavy atom. The molecule has 5 rings (SSSR count). The third-order valence-corrected chi connectivity index (χ3v) is 8.16. The summed E-state index contributed by atoms with van der Waals surface area (Å²) >= 11 is 1.48. The van der Waals surface area contributed by atoms with Gasteiger partial charge < -0.3 is 19.7 Å². The molecule has 0 aliphatic carbocycles. The zero-order valence-corrected chi connectivity index (χ0v) is 24.1. The zero-order chi connectivity index (χ0) is 28.1. The topological polar surface area (TPSA) is 83.5 Å². The van der Waals surface area contributed by atoms with Gasteiger partial charge in [0.1, 0.15) is 0 Å². The summed E-state index contributed by atoms with van der Waals surface area (Å²) in [6.07, 6.45) is 0.188. The van der Waals surface area contributed by atoms with Gasteiger partial charge in [0.2, 0.25) is 5.91 Å². The maximum Gasteiger partial charge on any atom is 0.338 e. The van der Waals surface area contributed by atoms with Crippen LogP contribution in [0.4, 0.5) is 0 Å². The Morgan fingerprint density at radius 1 is 1.12 bits per heavy atom. The number of rotatable bonds is 9. The highest BCUT2D eigenvalue weighted by Gasteiger charge is 2.42. The molecular formula is C31H36N4O4S. The maximum absolute atomic E-state index is 13.7. The van der Waals surface area contributed by atoms with Crippen LogP contribution in [0.15, 0.2) is 70.2 Å². The van der Waals surface area contributed by atoms with Gasteiger partial charge >= 0.3 is 5.97 Å². The molecular weight excluding hydrogens is 524 g/mol. The van der Waals surface area contributed by atoms with Crippen LogP contribution in [0.1, 0.15) is 41.6 Å². The highest BCUT2D eigenvalue weighted by Crippen LogP contribution is 2.47. The summed E-state index contributed by atoms with van der Waals surface area (Å²) in [4.78, 5) is 36.1. The highest BCUT2D eigenvalue weighted by atomic mass is 32.2. The van der Waals surface area contributed by atoms with Crippen LogP contribution in [0.2, 0.25) is 0 Å². The molecule has 3 heterocycles. The fourth-order valence-electron chi connectivity index (χ4n) is 5.32. The number of hydrogen-bond acceptors (Lipinski definition) is 8. The van der Waals surface area contributed by atoms with E-state index in [0.717, 1.165) is 66.0 Å². The number of benzene rings is 2. The van der Waals surface area contributed by atoms with E-state index in [4.69, 9.17) is 14.5 Å². The van der Waals surface area contributed by atoms with Gasteiger partial charge in [0.05, 0.1) is 43.6 Å². The zero-order valence-electron chi connectivity index (χ0n) is 23.3. The van der Waals surface area contributed by atoms with Crippen LogP contribution < -0.4 is 5.32 Å². The van der Waals surface area contributed by atoms with E-state index in [1.807, 2.05) is 47.6 Å². The molecule has 3 aliphatic heterocycles. The van der Waals surface area contributed by atoms with Crippen LogP contribution in [-0.4, -0.2) is 72.8 Å². The minimum Gasteiger partial charge on any atom is -0.463 e. The third-order valence-electron chi connectivity index (χ3n) is 7.27. The molecule has 210 valence electrons. The first kappa shape index (κ1) is 28.1. The van der Waals surface area contributed by atoms with Gasteiger partial charge in [-0.05, 0) is 37.3 Å². The lowest BCUT2D eigenvalue weighted by Gasteiger charge is -2.37. The van der Waals surface area contributed by atoms with Crippen molar-refractivity contribution in [3.05, 3.63) is 87.5 Å². The fourth-order valence-corrected chi connectivity index (χ4v) is 6.24. The first-order valence-electron chi connectivity index (χ1n) is 13.8. The van der Waals surface area contributed by atoms with Gasteiger partial charge in [0.15, 0.2) is 5.17 Å². The fraction of sp³-hybridized carbons (Fsp3) is 0.387. The normalized spacial score (nSPS) is 19.2. The quantitative estimate of drug-likeness (QED) is 0.455. The number of amidine groups is 1. The predicted octanol–water partition coefficient (Wildman–Crippen LogP) is 4.42. The molecule has 40 heavy (non-hydrogen) atoms. The van der Waals surface area contributed by atoms with E-state index in [0.29, 0.717) is 17.8 Å². The summed E-state index contributed by atoms with van der Waals surface area (Å²) in [6.45, 7) is 10.8. The highest BCUT2D eigenvalue weighted by molar-refractivity contribution is 8.16. The lowest BCUT2D eigenvalue weighted by atomic mass is 9.88. The van der Waals surface area contributed by atoms with Crippen molar-refractivity contribution in [2.75, 3.05) is 46.0 Å². The maximum atomic E-state index is 13.7. The van der Waals surface area contributed by atoms with Gasteiger partial charge in [-0.1, -0.05) is 65.9 Å². The number of hydrogen-bond donors (Lipinski definition) is 1. The summed E-state index contributed by atoms with van der Waals surface area (Å²) in [7, 11) is 0. The Hall–Kier alpha value is -3.40. The molecule has 2 aromatic rings. The number of carbonyl (C=O) groups excluding carboxylic acids is 2. The lowest BCUT2D eigenvalue weighted by Crippen LogP contribution is -2.42. The molecule has 1 unspecified atom stereocenters. The van der Waals surface area contributed by atoms with E-state index < -0.39 is 12.0 Å². The third kappa shape index (κ3) is 6.16. The average molecular weight is 561 g/mol. The molecule has 1 amide bonds. The Bertz CT molecular complexity index is 1350. The number of fused-ring (bicyclic) bond motifs is 1.